The largest absolute Gasteiger partial charge is 0.414 e. The number of carbonyl (C=O) groups excluding carboxylic acids is 1. The van der Waals surface area contributed by atoms with Crippen molar-refractivity contribution in [3.05, 3.63) is 16.0 Å². The molecule has 0 aromatic carbocycles. The number of aromatic nitrogens is 2. The van der Waals surface area contributed by atoms with Gasteiger partial charge in [-0.05, 0) is 22.6 Å². The fourth-order valence-corrected chi connectivity index (χ4v) is 0.766. The Bertz CT molecular complexity index is 275. The molecule has 1 aromatic heterocycles. The Kier molecular flexibility index (Phi) is 3.20. The minimum atomic E-state index is -0.573. The molecule has 1 aromatic rings. The SMILES string of the molecule is CNC(=O)Oc1ncc(I)cn1. The summed E-state index contributed by atoms with van der Waals surface area (Å²) in [7, 11) is 1.47. The fraction of sp³-hybridized carbons (Fsp3) is 0.167. The van der Waals surface area contributed by atoms with Crippen LogP contribution >= 0.6 is 22.6 Å². The highest BCUT2D eigenvalue weighted by Crippen LogP contribution is 2.04. The van der Waals surface area contributed by atoms with Crippen molar-refractivity contribution in [3.8, 4) is 6.01 Å². The highest BCUT2D eigenvalue weighted by atomic mass is 127. The van der Waals surface area contributed by atoms with E-state index < -0.39 is 6.09 Å². The Balaban J connectivity index is 2.64. The molecule has 1 amide bonds. The molecule has 0 aliphatic heterocycles. The lowest BCUT2D eigenvalue weighted by atomic mass is 10.7. The molecule has 1 N–H and O–H groups in total. The van der Waals surface area contributed by atoms with Crippen LogP contribution in [0.4, 0.5) is 4.79 Å². The summed E-state index contributed by atoms with van der Waals surface area (Å²) in [6.07, 6.45) is 2.55. The standard InChI is InChI=1S/C6H6IN3O2/c1-8-6(11)12-5-9-2-4(7)3-10-5/h2-3H,1H3,(H,8,11). The first-order valence-corrected chi connectivity index (χ1v) is 4.17. The molecule has 0 spiro atoms. The van der Waals surface area contributed by atoms with Crippen LogP contribution < -0.4 is 10.1 Å². The van der Waals surface area contributed by atoms with Gasteiger partial charge < -0.3 is 10.1 Å². The van der Waals surface area contributed by atoms with Gasteiger partial charge in [0, 0.05) is 23.0 Å². The molecule has 0 bridgehead atoms. The van der Waals surface area contributed by atoms with E-state index in [1.165, 1.54) is 7.05 Å². The maximum atomic E-state index is 10.7. The second kappa shape index (κ2) is 4.19. The van der Waals surface area contributed by atoms with E-state index in [1.807, 2.05) is 0 Å². The third kappa shape index (κ3) is 2.61. The lowest BCUT2D eigenvalue weighted by Crippen LogP contribution is -2.22. The predicted octanol–water partition coefficient (Wildman–Crippen LogP) is 0.799. The molecule has 0 saturated heterocycles. The van der Waals surface area contributed by atoms with Crippen LogP contribution in [0.3, 0.4) is 0 Å². The fourth-order valence-electron chi connectivity index (χ4n) is 0.487. The van der Waals surface area contributed by atoms with Gasteiger partial charge >= 0.3 is 12.1 Å². The summed E-state index contributed by atoms with van der Waals surface area (Å²) >= 11 is 2.06. The highest BCUT2D eigenvalue weighted by molar-refractivity contribution is 14.1. The highest BCUT2D eigenvalue weighted by Gasteiger charge is 2.02. The monoisotopic (exact) mass is 279 g/mol. The Morgan fingerprint density at radius 1 is 1.58 bits per heavy atom. The van der Waals surface area contributed by atoms with E-state index in [1.54, 1.807) is 12.4 Å². The first-order valence-electron chi connectivity index (χ1n) is 3.09. The second-order valence-corrected chi connectivity index (χ2v) is 3.07. The van der Waals surface area contributed by atoms with Gasteiger partial charge in [0.25, 0.3) is 0 Å². The Hall–Kier alpha value is -0.920. The van der Waals surface area contributed by atoms with Crippen molar-refractivity contribution in [1.29, 1.82) is 0 Å². The summed E-state index contributed by atoms with van der Waals surface area (Å²) in [6, 6.07) is 0.0507. The normalized spacial score (nSPS) is 9.17. The van der Waals surface area contributed by atoms with Gasteiger partial charge in [-0.1, -0.05) is 0 Å². The molecule has 0 atom stereocenters. The zero-order valence-electron chi connectivity index (χ0n) is 6.24. The Morgan fingerprint density at radius 3 is 2.67 bits per heavy atom. The topological polar surface area (TPSA) is 64.1 Å². The zero-order valence-corrected chi connectivity index (χ0v) is 8.40. The van der Waals surface area contributed by atoms with Gasteiger partial charge in [0.05, 0.1) is 0 Å². The smallest absolute Gasteiger partial charge is 0.374 e. The number of hydrogen-bond acceptors (Lipinski definition) is 4. The molecule has 0 unspecified atom stereocenters. The number of halogens is 1. The Morgan fingerprint density at radius 2 is 2.17 bits per heavy atom. The summed E-state index contributed by atoms with van der Waals surface area (Å²) in [5.41, 5.74) is 0. The van der Waals surface area contributed by atoms with E-state index in [0.29, 0.717) is 0 Å². The van der Waals surface area contributed by atoms with Crippen LogP contribution in [0.1, 0.15) is 0 Å². The van der Waals surface area contributed by atoms with Crippen molar-refractivity contribution in [2.75, 3.05) is 7.05 Å². The van der Waals surface area contributed by atoms with Gasteiger partial charge in [-0.25, -0.2) is 14.8 Å². The Labute approximate surface area is 82.7 Å². The van der Waals surface area contributed by atoms with Crippen molar-refractivity contribution in [1.82, 2.24) is 15.3 Å². The van der Waals surface area contributed by atoms with E-state index in [-0.39, 0.29) is 6.01 Å². The van der Waals surface area contributed by atoms with Crippen molar-refractivity contribution >= 4 is 28.7 Å². The molecule has 5 nitrogen and oxygen atoms in total. The third-order valence-electron chi connectivity index (χ3n) is 0.985. The van der Waals surface area contributed by atoms with Crippen molar-refractivity contribution in [2.24, 2.45) is 0 Å². The minimum Gasteiger partial charge on any atom is -0.374 e. The van der Waals surface area contributed by atoms with E-state index in [0.717, 1.165) is 3.57 Å². The van der Waals surface area contributed by atoms with Crippen LogP contribution in [0.15, 0.2) is 12.4 Å². The van der Waals surface area contributed by atoms with Crippen molar-refractivity contribution in [2.45, 2.75) is 0 Å². The molecule has 0 radical (unpaired) electrons. The molecular formula is C6H6IN3O2. The quantitative estimate of drug-likeness (QED) is 0.772. The van der Waals surface area contributed by atoms with E-state index >= 15 is 0 Å². The van der Waals surface area contributed by atoms with Crippen LogP contribution in [0, 0.1) is 3.57 Å². The van der Waals surface area contributed by atoms with Crippen LogP contribution in [-0.4, -0.2) is 23.1 Å². The van der Waals surface area contributed by atoms with Crippen molar-refractivity contribution in [3.63, 3.8) is 0 Å². The molecule has 0 saturated carbocycles. The van der Waals surface area contributed by atoms with Gasteiger partial charge in [0.2, 0.25) is 0 Å². The van der Waals surface area contributed by atoms with Crippen LogP contribution in [0.2, 0.25) is 0 Å². The average Bonchev–Trinajstić information content (AvgIpc) is 2.09. The molecule has 0 fully saturated rings. The lowest BCUT2D eigenvalue weighted by molar-refractivity contribution is 0.199. The van der Waals surface area contributed by atoms with Gasteiger partial charge in [0.1, 0.15) is 0 Å². The van der Waals surface area contributed by atoms with Gasteiger partial charge in [-0.15, -0.1) is 0 Å². The first kappa shape index (κ1) is 9.17. The minimum absolute atomic E-state index is 0.0507. The molecule has 0 aliphatic rings. The maximum Gasteiger partial charge on any atom is 0.414 e. The predicted molar refractivity (Wildman–Crippen MR) is 49.8 cm³/mol. The number of hydrogen-bond donors (Lipinski definition) is 1. The van der Waals surface area contributed by atoms with E-state index in [2.05, 4.69) is 42.6 Å². The van der Waals surface area contributed by atoms with Crippen LogP contribution in [0.5, 0.6) is 6.01 Å². The summed E-state index contributed by atoms with van der Waals surface area (Å²) in [5, 5.41) is 2.29. The van der Waals surface area contributed by atoms with Crippen LogP contribution in [-0.2, 0) is 0 Å². The average molecular weight is 279 g/mol. The van der Waals surface area contributed by atoms with Gasteiger partial charge in [-0.3, -0.25) is 0 Å². The van der Waals surface area contributed by atoms with Gasteiger partial charge in [-0.2, -0.15) is 0 Å². The number of rotatable bonds is 1. The summed E-state index contributed by atoms with van der Waals surface area (Å²) < 4.78 is 5.53. The molecule has 12 heavy (non-hydrogen) atoms. The number of amides is 1. The zero-order chi connectivity index (χ0) is 8.97. The molecule has 64 valence electrons. The van der Waals surface area contributed by atoms with Crippen LogP contribution in [0.25, 0.3) is 0 Å². The summed E-state index contributed by atoms with van der Waals surface area (Å²) in [5.74, 6) is 0. The maximum absolute atomic E-state index is 10.7. The summed E-state index contributed by atoms with van der Waals surface area (Å²) in [4.78, 5) is 18.2. The first-order chi connectivity index (χ1) is 5.72. The van der Waals surface area contributed by atoms with E-state index in [9.17, 15) is 4.79 Å². The number of nitrogens with one attached hydrogen (secondary N) is 1. The second-order valence-electron chi connectivity index (χ2n) is 1.82. The van der Waals surface area contributed by atoms with E-state index in [4.69, 9.17) is 0 Å². The molecule has 1 rings (SSSR count). The molecular weight excluding hydrogens is 273 g/mol. The number of nitrogens with zero attached hydrogens (tertiary/aromatic N) is 2. The molecule has 6 heteroatoms. The lowest BCUT2D eigenvalue weighted by Gasteiger charge is -1.99. The number of carbonyl (C=O) groups is 1. The third-order valence-corrected chi connectivity index (χ3v) is 1.54. The summed E-state index contributed by atoms with van der Waals surface area (Å²) in [6.45, 7) is 0. The number of ether oxygens (including phenoxy) is 1. The molecule has 1 heterocycles. The molecule has 0 aliphatic carbocycles. The van der Waals surface area contributed by atoms with Crippen molar-refractivity contribution < 1.29 is 9.53 Å². The van der Waals surface area contributed by atoms with Gasteiger partial charge in [0.15, 0.2) is 0 Å².